The zero-order chi connectivity index (χ0) is 14.9. The van der Waals surface area contributed by atoms with Gasteiger partial charge in [-0.2, -0.15) is 0 Å². The number of rotatable bonds is 3. The van der Waals surface area contributed by atoms with Crippen LogP contribution in [0.1, 0.15) is 15.9 Å². The highest BCUT2D eigenvalue weighted by Gasteiger charge is 2.16. The molecule has 0 aliphatic carbocycles. The van der Waals surface area contributed by atoms with Gasteiger partial charge in [-0.25, -0.2) is 18.0 Å². The van der Waals surface area contributed by atoms with Crippen molar-refractivity contribution in [3.05, 3.63) is 58.9 Å². The van der Waals surface area contributed by atoms with E-state index in [1.807, 2.05) is 0 Å². The first kappa shape index (κ1) is 13.9. The lowest BCUT2D eigenvalue weighted by Crippen LogP contribution is -2.04. The van der Waals surface area contributed by atoms with E-state index >= 15 is 0 Å². The molecule has 2 rings (SSSR count). The second-order valence-electron chi connectivity index (χ2n) is 4.23. The lowest BCUT2D eigenvalue weighted by Gasteiger charge is -2.11. The van der Waals surface area contributed by atoms with Gasteiger partial charge in [-0.1, -0.05) is 6.07 Å². The summed E-state index contributed by atoms with van der Waals surface area (Å²) in [4.78, 5) is 10.7. The third-order valence-corrected chi connectivity index (χ3v) is 2.67. The summed E-state index contributed by atoms with van der Waals surface area (Å²) in [5.74, 6) is -4.33. The van der Waals surface area contributed by atoms with Crippen LogP contribution >= 0.6 is 0 Å². The molecule has 0 heterocycles. The summed E-state index contributed by atoms with van der Waals surface area (Å²) in [5, 5.41) is 11.0. The summed E-state index contributed by atoms with van der Waals surface area (Å²) in [6, 6.07) is 5.46. The number of halogens is 3. The standard InChI is InChI=1S/C14H10F3NO2/c1-7-2-3-12(9(15)4-7)18-13-10(16)5-8(14(19)20)6-11(13)17/h2-6,18H,1H3,(H,19,20). The third kappa shape index (κ3) is 2.74. The van der Waals surface area contributed by atoms with E-state index in [1.165, 1.54) is 12.1 Å². The Bertz CT molecular complexity index is 663. The van der Waals surface area contributed by atoms with Crippen LogP contribution in [0.3, 0.4) is 0 Å². The van der Waals surface area contributed by atoms with Gasteiger partial charge in [0.15, 0.2) is 11.6 Å². The third-order valence-electron chi connectivity index (χ3n) is 2.67. The summed E-state index contributed by atoms with van der Waals surface area (Å²) >= 11 is 0. The summed E-state index contributed by atoms with van der Waals surface area (Å²) in [6.45, 7) is 1.68. The Kier molecular flexibility index (Phi) is 3.65. The van der Waals surface area contributed by atoms with E-state index in [1.54, 1.807) is 13.0 Å². The first-order chi connectivity index (χ1) is 9.38. The van der Waals surface area contributed by atoms with E-state index < -0.39 is 34.7 Å². The summed E-state index contributed by atoms with van der Waals surface area (Å²) < 4.78 is 41.0. The molecule has 2 N–H and O–H groups in total. The molecule has 6 heteroatoms. The maximum atomic E-state index is 13.7. The molecule has 2 aromatic rings. The Morgan fingerprint density at radius 2 is 1.65 bits per heavy atom. The molecule has 20 heavy (non-hydrogen) atoms. The highest BCUT2D eigenvalue weighted by Crippen LogP contribution is 2.26. The second-order valence-corrected chi connectivity index (χ2v) is 4.23. The molecule has 0 spiro atoms. The van der Waals surface area contributed by atoms with Gasteiger partial charge in [0.05, 0.1) is 11.3 Å². The van der Waals surface area contributed by atoms with Crippen molar-refractivity contribution in [3.8, 4) is 0 Å². The molecule has 0 unspecified atom stereocenters. The number of benzene rings is 2. The van der Waals surface area contributed by atoms with Crippen molar-refractivity contribution in [1.82, 2.24) is 0 Å². The Morgan fingerprint density at radius 3 is 2.15 bits per heavy atom. The molecule has 0 atom stereocenters. The SMILES string of the molecule is Cc1ccc(Nc2c(F)cc(C(=O)O)cc2F)c(F)c1. The fraction of sp³-hybridized carbons (Fsp3) is 0.0714. The fourth-order valence-corrected chi connectivity index (χ4v) is 1.67. The van der Waals surface area contributed by atoms with Crippen LogP contribution in [0.4, 0.5) is 24.5 Å². The second kappa shape index (κ2) is 5.24. The Labute approximate surface area is 112 Å². The molecule has 0 saturated carbocycles. The number of aryl methyl sites for hydroxylation is 1. The number of carbonyl (C=O) groups is 1. The van der Waals surface area contributed by atoms with Gasteiger partial charge in [-0.05, 0) is 36.8 Å². The van der Waals surface area contributed by atoms with Crippen LogP contribution in [0, 0.1) is 24.4 Å². The summed E-state index contributed by atoms with van der Waals surface area (Å²) in [6.07, 6.45) is 0. The number of nitrogens with one attached hydrogen (secondary N) is 1. The maximum Gasteiger partial charge on any atom is 0.335 e. The summed E-state index contributed by atoms with van der Waals surface area (Å²) in [5.41, 5.74) is -0.556. The van der Waals surface area contributed by atoms with E-state index in [2.05, 4.69) is 5.32 Å². The van der Waals surface area contributed by atoms with Crippen molar-refractivity contribution in [2.75, 3.05) is 5.32 Å². The molecule has 0 saturated heterocycles. The molecular weight excluding hydrogens is 271 g/mol. The van der Waals surface area contributed by atoms with E-state index in [-0.39, 0.29) is 5.69 Å². The molecule has 3 nitrogen and oxygen atoms in total. The van der Waals surface area contributed by atoms with Crippen LogP contribution in [0.5, 0.6) is 0 Å². The van der Waals surface area contributed by atoms with Crippen LogP contribution in [-0.4, -0.2) is 11.1 Å². The van der Waals surface area contributed by atoms with Gasteiger partial charge in [0.1, 0.15) is 11.5 Å². The molecule has 2 aromatic carbocycles. The first-order valence-corrected chi connectivity index (χ1v) is 5.64. The monoisotopic (exact) mass is 281 g/mol. The van der Waals surface area contributed by atoms with Crippen LogP contribution in [-0.2, 0) is 0 Å². The minimum atomic E-state index is -1.45. The number of anilines is 2. The smallest absolute Gasteiger partial charge is 0.335 e. The molecule has 0 radical (unpaired) electrons. The average Bonchev–Trinajstić information content (AvgIpc) is 2.35. The van der Waals surface area contributed by atoms with Gasteiger partial charge in [0.2, 0.25) is 0 Å². The van der Waals surface area contributed by atoms with E-state index in [4.69, 9.17) is 5.11 Å². The van der Waals surface area contributed by atoms with Gasteiger partial charge in [-0.15, -0.1) is 0 Å². The van der Waals surface area contributed by atoms with Gasteiger partial charge < -0.3 is 10.4 Å². The van der Waals surface area contributed by atoms with Gasteiger partial charge >= 0.3 is 5.97 Å². The van der Waals surface area contributed by atoms with Crippen molar-refractivity contribution in [2.45, 2.75) is 6.92 Å². The molecule has 0 amide bonds. The molecule has 0 aliphatic rings. The molecule has 0 aliphatic heterocycles. The van der Waals surface area contributed by atoms with Crippen molar-refractivity contribution < 1.29 is 23.1 Å². The first-order valence-electron chi connectivity index (χ1n) is 5.64. The van der Waals surface area contributed by atoms with Crippen LogP contribution in [0.15, 0.2) is 30.3 Å². The minimum absolute atomic E-state index is 0.100. The summed E-state index contributed by atoms with van der Waals surface area (Å²) in [7, 11) is 0. The van der Waals surface area contributed by atoms with Crippen molar-refractivity contribution in [3.63, 3.8) is 0 Å². The molecule has 0 fully saturated rings. The lowest BCUT2D eigenvalue weighted by atomic mass is 10.1. The number of hydrogen-bond donors (Lipinski definition) is 2. The number of aromatic carboxylic acids is 1. The predicted octanol–water partition coefficient (Wildman–Crippen LogP) is 3.85. The molecule has 0 bridgehead atoms. The number of carboxylic acids is 1. The zero-order valence-electron chi connectivity index (χ0n) is 10.4. The predicted molar refractivity (Wildman–Crippen MR) is 67.7 cm³/mol. The Hall–Kier alpha value is -2.50. The maximum absolute atomic E-state index is 13.7. The van der Waals surface area contributed by atoms with Gasteiger partial charge in [-0.3, -0.25) is 0 Å². The lowest BCUT2D eigenvalue weighted by molar-refractivity contribution is 0.0696. The fourth-order valence-electron chi connectivity index (χ4n) is 1.67. The zero-order valence-corrected chi connectivity index (χ0v) is 10.4. The normalized spacial score (nSPS) is 10.4. The van der Waals surface area contributed by atoms with Crippen molar-refractivity contribution >= 4 is 17.3 Å². The average molecular weight is 281 g/mol. The molecule has 0 aromatic heterocycles. The van der Waals surface area contributed by atoms with Crippen LogP contribution < -0.4 is 5.32 Å². The quantitative estimate of drug-likeness (QED) is 0.898. The molecular formula is C14H10F3NO2. The van der Waals surface area contributed by atoms with Crippen LogP contribution in [0.2, 0.25) is 0 Å². The van der Waals surface area contributed by atoms with Crippen LogP contribution in [0.25, 0.3) is 0 Å². The van der Waals surface area contributed by atoms with E-state index in [0.717, 1.165) is 0 Å². The van der Waals surface area contributed by atoms with Gasteiger partial charge in [0.25, 0.3) is 0 Å². The topological polar surface area (TPSA) is 49.3 Å². The van der Waals surface area contributed by atoms with Gasteiger partial charge in [0, 0.05) is 0 Å². The van der Waals surface area contributed by atoms with E-state index in [9.17, 15) is 18.0 Å². The highest BCUT2D eigenvalue weighted by molar-refractivity contribution is 5.88. The largest absolute Gasteiger partial charge is 0.478 e. The van der Waals surface area contributed by atoms with E-state index in [0.29, 0.717) is 17.7 Å². The Balaban J connectivity index is 2.41. The Morgan fingerprint density at radius 1 is 1.05 bits per heavy atom. The number of carboxylic acid groups (broad SMARTS) is 1. The minimum Gasteiger partial charge on any atom is -0.478 e. The van der Waals surface area contributed by atoms with Crippen molar-refractivity contribution in [1.29, 1.82) is 0 Å². The van der Waals surface area contributed by atoms with Crippen molar-refractivity contribution in [2.24, 2.45) is 0 Å². The highest BCUT2D eigenvalue weighted by atomic mass is 19.1. The molecule has 104 valence electrons. The number of hydrogen-bond acceptors (Lipinski definition) is 2.